The Labute approximate surface area is 159 Å². The summed E-state index contributed by atoms with van der Waals surface area (Å²) in [4.78, 5) is 18.7. The summed E-state index contributed by atoms with van der Waals surface area (Å²) in [6, 6.07) is 3.62. The molecule has 1 atom stereocenters. The zero-order valence-corrected chi connectivity index (χ0v) is 16.7. The number of rotatable bonds is 6. The van der Waals surface area contributed by atoms with E-state index in [0.717, 1.165) is 11.1 Å². The number of carbonyl (C=O) groups is 1. The molecule has 1 aliphatic heterocycles. The van der Waals surface area contributed by atoms with Crippen molar-refractivity contribution in [3.05, 3.63) is 47.0 Å². The van der Waals surface area contributed by atoms with Gasteiger partial charge in [-0.2, -0.15) is 9.40 Å². The highest BCUT2D eigenvalue weighted by atomic mass is 32.2. The summed E-state index contributed by atoms with van der Waals surface area (Å²) in [6.45, 7) is 4.39. The molecule has 8 nitrogen and oxygen atoms in total. The van der Waals surface area contributed by atoms with Gasteiger partial charge < -0.3 is 4.90 Å². The van der Waals surface area contributed by atoms with E-state index in [9.17, 15) is 13.2 Å². The number of H-pyrrole nitrogens is 1. The molecule has 0 spiro atoms. The van der Waals surface area contributed by atoms with E-state index < -0.39 is 10.0 Å². The number of aromatic nitrogens is 3. The monoisotopic (exact) mass is 391 g/mol. The molecule has 0 bridgehead atoms. The smallest absolute Gasteiger partial charge is 0.274 e. The number of hydrogen-bond donors (Lipinski definition) is 1. The predicted molar refractivity (Wildman–Crippen MR) is 102 cm³/mol. The molecular weight excluding hydrogens is 366 g/mol. The van der Waals surface area contributed by atoms with Crippen LogP contribution < -0.4 is 0 Å². The van der Waals surface area contributed by atoms with Gasteiger partial charge in [0.25, 0.3) is 5.91 Å². The van der Waals surface area contributed by atoms with E-state index in [1.54, 1.807) is 24.3 Å². The van der Waals surface area contributed by atoms with E-state index in [-0.39, 0.29) is 24.2 Å². The fourth-order valence-electron chi connectivity index (χ4n) is 3.28. The number of amides is 1. The van der Waals surface area contributed by atoms with Crippen LogP contribution in [-0.4, -0.2) is 58.1 Å². The molecule has 27 heavy (non-hydrogen) atoms. The van der Waals surface area contributed by atoms with Gasteiger partial charge in [-0.3, -0.25) is 14.9 Å². The molecule has 0 saturated carbocycles. The third-order valence-electron chi connectivity index (χ3n) is 5.02. The Morgan fingerprint density at radius 3 is 2.89 bits per heavy atom. The van der Waals surface area contributed by atoms with Crippen LogP contribution in [0.25, 0.3) is 0 Å². The molecule has 3 rings (SSSR count). The summed E-state index contributed by atoms with van der Waals surface area (Å²) in [5.74, 6) is -0.0538. The number of nitrogens with one attached hydrogen (secondary N) is 1. The van der Waals surface area contributed by atoms with Crippen molar-refractivity contribution in [2.45, 2.75) is 39.3 Å². The first kappa shape index (κ1) is 19.5. The van der Waals surface area contributed by atoms with Crippen LogP contribution in [0, 0.1) is 0 Å². The van der Waals surface area contributed by atoms with Crippen molar-refractivity contribution in [3.63, 3.8) is 0 Å². The molecule has 1 amide bonds. The van der Waals surface area contributed by atoms with E-state index >= 15 is 0 Å². The van der Waals surface area contributed by atoms with E-state index in [1.807, 2.05) is 26.0 Å². The summed E-state index contributed by atoms with van der Waals surface area (Å²) in [5.41, 5.74) is 2.82. The van der Waals surface area contributed by atoms with Gasteiger partial charge >= 0.3 is 0 Å². The second-order valence-electron chi connectivity index (χ2n) is 6.81. The van der Waals surface area contributed by atoms with Crippen molar-refractivity contribution in [1.29, 1.82) is 0 Å². The van der Waals surface area contributed by atoms with E-state index in [1.165, 1.54) is 4.31 Å². The van der Waals surface area contributed by atoms with Crippen LogP contribution in [0.2, 0.25) is 0 Å². The number of sulfonamides is 1. The van der Waals surface area contributed by atoms with Crippen LogP contribution in [-0.2, 0) is 23.0 Å². The Bertz CT molecular complexity index is 910. The van der Waals surface area contributed by atoms with Crippen LogP contribution in [0.3, 0.4) is 0 Å². The highest BCUT2D eigenvalue weighted by Crippen LogP contribution is 2.26. The summed E-state index contributed by atoms with van der Waals surface area (Å²) in [5, 5.41) is 7.07. The minimum atomic E-state index is -3.27. The van der Waals surface area contributed by atoms with Gasteiger partial charge in [-0.05, 0) is 31.4 Å². The molecule has 0 radical (unpaired) electrons. The number of hydrogen-bond acceptors (Lipinski definition) is 5. The van der Waals surface area contributed by atoms with Crippen molar-refractivity contribution in [2.24, 2.45) is 0 Å². The molecule has 2 aromatic rings. The van der Waals surface area contributed by atoms with Gasteiger partial charge in [-0.25, -0.2) is 8.42 Å². The van der Waals surface area contributed by atoms with Gasteiger partial charge in [-0.15, -0.1) is 0 Å². The molecule has 9 heteroatoms. The van der Waals surface area contributed by atoms with Gasteiger partial charge in [0.2, 0.25) is 10.0 Å². The van der Waals surface area contributed by atoms with Crippen LogP contribution >= 0.6 is 0 Å². The third-order valence-corrected chi connectivity index (χ3v) is 7.05. The largest absolute Gasteiger partial charge is 0.333 e. The molecule has 3 heterocycles. The SMILES string of the molecule is CCCS(=O)(=O)N1CCc2c(C(=O)N(C)C(C)c3cccnc3)n[nH]c2C1. The molecule has 2 aromatic heterocycles. The summed E-state index contributed by atoms with van der Waals surface area (Å²) >= 11 is 0. The predicted octanol–water partition coefficient (Wildman–Crippen LogP) is 1.74. The highest BCUT2D eigenvalue weighted by molar-refractivity contribution is 7.89. The lowest BCUT2D eigenvalue weighted by Gasteiger charge is -2.27. The first-order valence-corrected chi connectivity index (χ1v) is 10.7. The Balaban J connectivity index is 1.78. The van der Waals surface area contributed by atoms with Gasteiger partial charge in [-0.1, -0.05) is 13.0 Å². The normalized spacial score (nSPS) is 16.0. The van der Waals surface area contributed by atoms with Gasteiger partial charge in [0, 0.05) is 31.5 Å². The van der Waals surface area contributed by atoms with Crippen LogP contribution in [0.5, 0.6) is 0 Å². The Kier molecular flexibility index (Phi) is 5.61. The minimum absolute atomic E-state index is 0.133. The molecule has 146 valence electrons. The average Bonchev–Trinajstić information content (AvgIpc) is 3.10. The van der Waals surface area contributed by atoms with Crippen LogP contribution in [0.15, 0.2) is 24.5 Å². The van der Waals surface area contributed by atoms with Crippen molar-refractivity contribution in [3.8, 4) is 0 Å². The maximum absolute atomic E-state index is 13.0. The lowest BCUT2D eigenvalue weighted by molar-refractivity contribution is 0.0735. The zero-order valence-electron chi connectivity index (χ0n) is 15.8. The highest BCUT2D eigenvalue weighted by Gasteiger charge is 2.32. The number of carbonyl (C=O) groups excluding carboxylic acids is 1. The van der Waals surface area contributed by atoms with Crippen LogP contribution in [0.4, 0.5) is 0 Å². The molecular formula is C18H25N5O3S. The number of nitrogens with zero attached hydrogens (tertiary/aromatic N) is 4. The molecule has 0 aliphatic carbocycles. The molecule has 1 N–H and O–H groups in total. The Morgan fingerprint density at radius 2 is 2.22 bits per heavy atom. The summed E-state index contributed by atoms with van der Waals surface area (Å²) in [6.07, 6.45) is 4.49. The van der Waals surface area contributed by atoms with Crippen molar-refractivity contribution < 1.29 is 13.2 Å². The lowest BCUT2D eigenvalue weighted by atomic mass is 10.0. The Morgan fingerprint density at radius 1 is 1.44 bits per heavy atom. The first-order valence-electron chi connectivity index (χ1n) is 9.06. The zero-order chi connectivity index (χ0) is 19.6. The third kappa shape index (κ3) is 3.89. The van der Waals surface area contributed by atoms with Gasteiger partial charge in [0.1, 0.15) is 0 Å². The molecule has 0 fully saturated rings. The van der Waals surface area contributed by atoms with Crippen LogP contribution in [0.1, 0.15) is 53.6 Å². The lowest BCUT2D eigenvalue weighted by Crippen LogP contribution is -2.38. The summed E-state index contributed by atoms with van der Waals surface area (Å²) < 4.78 is 26.1. The minimum Gasteiger partial charge on any atom is -0.333 e. The van der Waals surface area contributed by atoms with E-state index in [0.29, 0.717) is 30.8 Å². The molecule has 1 unspecified atom stereocenters. The molecule has 0 aromatic carbocycles. The number of fused-ring (bicyclic) bond motifs is 1. The van der Waals surface area contributed by atoms with Crippen molar-refractivity contribution in [2.75, 3.05) is 19.3 Å². The van der Waals surface area contributed by atoms with Crippen molar-refractivity contribution >= 4 is 15.9 Å². The van der Waals surface area contributed by atoms with E-state index in [2.05, 4.69) is 15.2 Å². The average molecular weight is 391 g/mol. The molecule has 0 saturated heterocycles. The maximum atomic E-state index is 13.0. The first-order chi connectivity index (χ1) is 12.8. The second kappa shape index (κ2) is 7.77. The van der Waals surface area contributed by atoms with Gasteiger partial charge in [0.15, 0.2) is 5.69 Å². The standard InChI is InChI=1S/C18H25N5O3S/c1-4-10-27(25,26)23-9-7-15-16(12-23)20-21-17(15)18(24)22(3)13(2)14-6-5-8-19-11-14/h5-6,8,11,13H,4,7,9-10,12H2,1-3H3,(H,20,21). The fourth-order valence-corrected chi connectivity index (χ4v) is 4.75. The van der Waals surface area contributed by atoms with E-state index in [4.69, 9.17) is 0 Å². The Hall–Kier alpha value is -2.26. The maximum Gasteiger partial charge on any atom is 0.274 e. The number of pyridine rings is 1. The van der Waals surface area contributed by atoms with Crippen molar-refractivity contribution in [1.82, 2.24) is 24.4 Å². The second-order valence-corrected chi connectivity index (χ2v) is 8.90. The topological polar surface area (TPSA) is 99.3 Å². The molecule has 1 aliphatic rings. The fraction of sp³-hybridized carbons (Fsp3) is 0.500. The van der Waals surface area contributed by atoms with Gasteiger partial charge in [0.05, 0.1) is 24.0 Å². The summed E-state index contributed by atoms with van der Waals surface area (Å²) in [7, 11) is -1.53. The number of aromatic amines is 1. The quantitative estimate of drug-likeness (QED) is 0.808.